The van der Waals surface area contributed by atoms with Gasteiger partial charge in [-0.3, -0.25) is 10.1 Å². The number of benzene rings is 1. The van der Waals surface area contributed by atoms with Gasteiger partial charge >= 0.3 is 12.0 Å². The molecule has 192 valence electrons. The first-order valence-electron chi connectivity index (χ1n) is 11.5. The summed E-state index contributed by atoms with van der Waals surface area (Å²) in [4.78, 5) is 19.0. The molecule has 0 saturated heterocycles. The van der Waals surface area contributed by atoms with Crippen molar-refractivity contribution in [1.29, 1.82) is 0 Å². The van der Waals surface area contributed by atoms with Crippen LogP contribution in [0.5, 0.6) is 5.75 Å². The van der Waals surface area contributed by atoms with E-state index in [0.717, 1.165) is 44.8 Å². The number of aromatic nitrogens is 2. The summed E-state index contributed by atoms with van der Waals surface area (Å²) in [6.07, 6.45) is 1.20. The second kappa shape index (κ2) is 12.5. The van der Waals surface area contributed by atoms with Crippen molar-refractivity contribution >= 4 is 17.5 Å². The fourth-order valence-electron chi connectivity index (χ4n) is 3.99. The third kappa shape index (κ3) is 8.51. The number of nitrogens with zero attached hydrogens (tertiary/aromatic N) is 3. The molecule has 0 aliphatic heterocycles. The van der Waals surface area contributed by atoms with Crippen LogP contribution in [0, 0.1) is 16.0 Å². The Morgan fingerprint density at radius 2 is 1.91 bits per heavy atom. The van der Waals surface area contributed by atoms with E-state index in [1.54, 1.807) is 6.07 Å². The van der Waals surface area contributed by atoms with Crippen molar-refractivity contribution in [1.82, 2.24) is 15.3 Å². The van der Waals surface area contributed by atoms with Gasteiger partial charge in [0.25, 0.3) is 0 Å². The average molecular weight is 498 g/mol. The molecule has 1 heterocycles. The number of para-hydroxylation sites is 1. The van der Waals surface area contributed by atoms with E-state index in [4.69, 9.17) is 5.73 Å². The third-order valence-electron chi connectivity index (χ3n) is 5.82. The van der Waals surface area contributed by atoms with Gasteiger partial charge in [-0.15, -0.1) is 13.2 Å². The molecule has 1 aromatic heterocycles. The highest BCUT2D eigenvalue weighted by Gasteiger charge is 2.32. The smallest absolute Gasteiger partial charge is 0.405 e. The normalized spacial score (nSPS) is 18.2. The van der Waals surface area contributed by atoms with Crippen LogP contribution in [0.25, 0.3) is 0 Å². The quantitative estimate of drug-likeness (QED) is 0.196. The maximum absolute atomic E-state index is 12.6. The second-order valence-electron chi connectivity index (χ2n) is 8.39. The molecule has 0 unspecified atom stereocenters. The SMILES string of the molecule is NCCCN[C@H]1CC[C@H](CNc2nc(NCc3ccccc3OC(F)(F)F)ncc2[N+](=O)[O-])CC1. The van der Waals surface area contributed by atoms with Gasteiger partial charge in [0.15, 0.2) is 0 Å². The Morgan fingerprint density at radius 1 is 1.17 bits per heavy atom. The Bertz CT molecular complexity index is 970. The topological polar surface area (TPSA) is 140 Å². The predicted molar refractivity (Wildman–Crippen MR) is 125 cm³/mol. The summed E-state index contributed by atoms with van der Waals surface area (Å²) in [6.45, 7) is 2.02. The van der Waals surface area contributed by atoms with Crippen LogP contribution in [0.15, 0.2) is 30.5 Å². The maximum atomic E-state index is 12.6. The Kier molecular flexibility index (Phi) is 9.43. The highest BCUT2D eigenvalue weighted by Crippen LogP contribution is 2.29. The van der Waals surface area contributed by atoms with E-state index in [1.807, 2.05) is 0 Å². The summed E-state index contributed by atoms with van der Waals surface area (Å²) >= 11 is 0. The molecule has 10 nitrogen and oxygen atoms in total. The van der Waals surface area contributed by atoms with Gasteiger partial charge in [-0.1, -0.05) is 18.2 Å². The van der Waals surface area contributed by atoms with Gasteiger partial charge in [0, 0.05) is 24.7 Å². The van der Waals surface area contributed by atoms with Gasteiger partial charge in [0.05, 0.1) is 4.92 Å². The van der Waals surface area contributed by atoms with Crippen LogP contribution in [0.1, 0.15) is 37.7 Å². The summed E-state index contributed by atoms with van der Waals surface area (Å²) < 4.78 is 42.0. The number of hydrogen-bond acceptors (Lipinski definition) is 9. The van der Waals surface area contributed by atoms with Gasteiger partial charge in [0.1, 0.15) is 11.9 Å². The van der Waals surface area contributed by atoms with Crippen LogP contribution >= 0.6 is 0 Å². The summed E-state index contributed by atoms with van der Waals surface area (Å²) in [5.74, 6) is 0.115. The van der Waals surface area contributed by atoms with E-state index in [0.29, 0.717) is 25.0 Å². The molecule has 1 saturated carbocycles. The lowest BCUT2D eigenvalue weighted by atomic mass is 9.86. The largest absolute Gasteiger partial charge is 0.573 e. The molecule has 3 rings (SSSR count). The lowest BCUT2D eigenvalue weighted by Crippen LogP contribution is -2.35. The van der Waals surface area contributed by atoms with Crippen molar-refractivity contribution in [2.24, 2.45) is 11.7 Å². The molecule has 5 N–H and O–H groups in total. The Labute approximate surface area is 201 Å². The van der Waals surface area contributed by atoms with E-state index in [1.165, 1.54) is 18.2 Å². The monoisotopic (exact) mass is 497 g/mol. The van der Waals surface area contributed by atoms with Crippen molar-refractivity contribution in [2.45, 2.75) is 51.1 Å². The lowest BCUT2D eigenvalue weighted by molar-refractivity contribution is -0.384. The van der Waals surface area contributed by atoms with E-state index in [-0.39, 0.29) is 35.3 Å². The van der Waals surface area contributed by atoms with E-state index >= 15 is 0 Å². The van der Waals surface area contributed by atoms with Gasteiger partial charge in [-0.05, 0) is 57.2 Å². The molecule has 1 aromatic carbocycles. The van der Waals surface area contributed by atoms with Crippen molar-refractivity contribution in [3.05, 3.63) is 46.1 Å². The number of nitro groups is 1. The molecule has 35 heavy (non-hydrogen) atoms. The molecule has 0 amide bonds. The standard InChI is InChI=1S/C22H30F3N7O3/c23-22(24,25)35-19-5-2-1-4-16(19)13-29-21-30-14-18(32(33)34)20(31-21)28-12-15-6-8-17(9-7-15)27-11-3-10-26/h1-2,4-5,14-15,17,27H,3,6-13,26H2,(H2,28,29,30,31)/t15-,17-. The highest BCUT2D eigenvalue weighted by molar-refractivity contribution is 5.57. The number of hydrogen-bond donors (Lipinski definition) is 4. The van der Waals surface area contributed by atoms with E-state index in [2.05, 4.69) is 30.7 Å². The summed E-state index contributed by atoms with van der Waals surface area (Å²) in [5.41, 5.74) is 5.49. The molecular weight excluding hydrogens is 467 g/mol. The molecule has 1 aliphatic rings. The van der Waals surface area contributed by atoms with Crippen LogP contribution < -0.4 is 26.4 Å². The minimum absolute atomic E-state index is 0.0488. The molecule has 0 radical (unpaired) electrons. The minimum Gasteiger partial charge on any atom is -0.405 e. The van der Waals surface area contributed by atoms with Gasteiger partial charge in [0.2, 0.25) is 11.8 Å². The number of alkyl halides is 3. The van der Waals surface area contributed by atoms with Crippen LogP contribution in [0.4, 0.5) is 30.6 Å². The first-order valence-corrected chi connectivity index (χ1v) is 11.5. The maximum Gasteiger partial charge on any atom is 0.573 e. The molecule has 13 heteroatoms. The first-order chi connectivity index (χ1) is 16.7. The Hall–Kier alpha value is -3.19. The number of ether oxygens (including phenoxy) is 1. The molecule has 1 fully saturated rings. The fourth-order valence-corrected chi connectivity index (χ4v) is 3.99. The summed E-state index contributed by atoms with van der Waals surface area (Å²) in [7, 11) is 0. The summed E-state index contributed by atoms with van der Waals surface area (Å²) in [6, 6.07) is 6.15. The molecule has 1 aliphatic carbocycles. The molecular formula is C22H30F3N7O3. The van der Waals surface area contributed by atoms with Crippen LogP contribution in [0.3, 0.4) is 0 Å². The van der Waals surface area contributed by atoms with Crippen molar-refractivity contribution in [3.8, 4) is 5.75 Å². The fraction of sp³-hybridized carbons (Fsp3) is 0.545. The van der Waals surface area contributed by atoms with Gasteiger partial charge < -0.3 is 26.4 Å². The van der Waals surface area contributed by atoms with E-state index < -0.39 is 11.3 Å². The van der Waals surface area contributed by atoms with E-state index in [9.17, 15) is 23.3 Å². The van der Waals surface area contributed by atoms with Crippen LogP contribution in [-0.2, 0) is 6.54 Å². The average Bonchev–Trinajstić information content (AvgIpc) is 2.82. The van der Waals surface area contributed by atoms with Crippen molar-refractivity contribution in [2.75, 3.05) is 30.3 Å². The molecule has 0 atom stereocenters. The Balaban J connectivity index is 1.59. The van der Waals surface area contributed by atoms with Crippen LogP contribution in [-0.4, -0.2) is 46.9 Å². The zero-order valence-corrected chi connectivity index (χ0v) is 19.2. The molecule has 0 bridgehead atoms. The second-order valence-corrected chi connectivity index (χ2v) is 8.39. The first kappa shape index (κ1) is 26.4. The summed E-state index contributed by atoms with van der Waals surface area (Å²) in [5, 5.41) is 20.8. The number of nitrogens with one attached hydrogen (secondary N) is 3. The number of nitrogens with two attached hydrogens (primary N) is 1. The lowest BCUT2D eigenvalue weighted by Gasteiger charge is -2.29. The third-order valence-corrected chi connectivity index (χ3v) is 5.82. The highest BCUT2D eigenvalue weighted by atomic mass is 19.4. The Morgan fingerprint density at radius 3 is 2.60 bits per heavy atom. The van der Waals surface area contributed by atoms with Crippen molar-refractivity contribution < 1.29 is 22.8 Å². The predicted octanol–water partition coefficient (Wildman–Crippen LogP) is 3.80. The number of halogens is 3. The number of rotatable bonds is 12. The molecule has 2 aromatic rings. The van der Waals surface area contributed by atoms with Crippen molar-refractivity contribution in [3.63, 3.8) is 0 Å². The zero-order chi connectivity index (χ0) is 25.3. The molecule has 0 spiro atoms. The minimum atomic E-state index is -4.82. The van der Waals surface area contributed by atoms with Crippen LogP contribution in [0.2, 0.25) is 0 Å². The zero-order valence-electron chi connectivity index (χ0n) is 19.2. The van der Waals surface area contributed by atoms with Gasteiger partial charge in [-0.25, -0.2) is 4.98 Å². The number of anilines is 2. The van der Waals surface area contributed by atoms with Gasteiger partial charge in [-0.2, -0.15) is 4.98 Å².